The van der Waals surface area contributed by atoms with Crippen LogP contribution in [-0.4, -0.2) is 28.5 Å². The van der Waals surface area contributed by atoms with Crippen LogP contribution in [0.1, 0.15) is 10.6 Å². The average Bonchev–Trinajstić information content (AvgIpc) is 3.33. The Bertz CT molecular complexity index is 1310. The van der Waals surface area contributed by atoms with Crippen LogP contribution in [-0.2, 0) is 9.53 Å². The molecule has 0 aliphatic carbocycles. The van der Waals surface area contributed by atoms with Crippen molar-refractivity contribution in [3.05, 3.63) is 75.1 Å². The predicted octanol–water partition coefficient (Wildman–Crippen LogP) is 3.81. The number of furan rings is 1. The highest BCUT2D eigenvalue weighted by atomic mass is 79.9. The highest BCUT2D eigenvalue weighted by Crippen LogP contribution is 2.26. The summed E-state index contributed by atoms with van der Waals surface area (Å²) < 4.78 is 23.9. The van der Waals surface area contributed by atoms with Crippen molar-refractivity contribution >= 4 is 44.5 Å². The Morgan fingerprint density at radius 3 is 2.50 bits per heavy atom. The molecule has 0 saturated heterocycles. The molecule has 1 amide bonds. The van der Waals surface area contributed by atoms with Gasteiger partial charge in [-0.2, -0.15) is 0 Å². The standard InChI is InChI=1S/C20H13BrFN3O5/c21-12-7-14-15(25-20(28)24-14)8-13(12)23-18(26)9-29-19(27)17-6-5-16(30-17)10-1-3-11(22)4-2-10/h1-8H,9H2,(H,23,26)(H2,24,25,28). The second-order valence-corrected chi connectivity index (χ2v) is 7.11. The number of ether oxygens (including phenoxy) is 1. The van der Waals surface area contributed by atoms with E-state index < -0.39 is 18.5 Å². The lowest BCUT2D eigenvalue weighted by Crippen LogP contribution is -2.21. The first-order valence-electron chi connectivity index (χ1n) is 8.63. The monoisotopic (exact) mass is 473 g/mol. The van der Waals surface area contributed by atoms with Crippen LogP contribution in [0.5, 0.6) is 0 Å². The number of carbonyl (C=O) groups is 2. The molecule has 0 fully saturated rings. The Morgan fingerprint density at radius 1 is 1.07 bits per heavy atom. The number of hydrogen-bond acceptors (Lipinski definition) is 5. The van der Waals surface area contributed by atoms with E-state index in [2.05, 4.69) is 31.2 Å². The Kier molecular flexibility index (Phi) is 5.23. The molecule has 0 unspecified atom stereocenters. The van der Waals surface area contributed by atoms with Gasteiger partial charge in [-0.05, 0) is 64.5 Å². The van der Waals surface area contributed by atoms with Gasteiger partial charge in [-0.15, -0.1) is 0 Å². The molecule has 2 aromatic heterocycles. The van der Waals surface area contributed by atoms with Crippen molar-refractivity contribution in [2.75, 3.05) is 11.9 Å². The molecule has 0 spiro atoms. The molecule has 0 saturated carbocycles. The van der Waals surface area contributed by atoms with Crippen LogP contribution >= 0.6 is 15.9 Å². The maximum Gasteiger partial charge on any atom is 0.374 e. The number of rotatable bonds is 5. The summed E-state index contributed by atoms with van der Waals surface area (Å²) in [5, 5.41) is 2.59. The number of H-pyrrole nitrogens is 2. The minimum Gasteiger partial charge on any atom is -0.450 e. The number of aromatic amines is 2. The lowest BCUT2D eigenvalue weighted by molar-refractivity contribution is -0.119. The van der Waals surface area contributed by atoms with Gasteiger partial charge < -0.3 is 24.4 Å². The Hall–Kier alpha value is -3.66. The molecule has 30 heavy (non-hydrogen) atoms. The maximum absolute atomic E-state index is 13.0. The van der Waals surface area contributed by atoms with E-state index in [0.29, 0.717) is 32.5 Å². The number of amides is 1. The van der Waals surface area contributed by atoms with Crippen LogP contribution in [0.25, 0.3) is 22.4 Å². The Balaban J connectivity index is 1.38. The van der Waals surface area contributed by atoms with Crippen molar-refractivity contribution in [2.45, 2.75) is 0 Å². The normalized spacial score (nSPS) is 10.9. The van der Waals surface area contributed by atoms with Crippen LogP contribution in [0.2, 0.25) is 0 Å². The summed E-state index contributed by atoms with van der Waals surface area (Å²) in [7, 11) is 0. The third-order valence-electron chi connectivity index (χ3n) is 4.15. The number of carbonyl (C=O) groups excluding carboxylic acids is 2. The quantitative estimate of drug-likeness (QED) is 0.381. The molecule has 8 nitrogen and oxygen atoms in total. The fourth-order valence-electron chi connectivity index (χ4n) is 2.76. The molecule has 0 radical (unpaired) electrons. The lowest BCUT2D eigenvalue weighted by Gasteiger charge is -2.08. The number of fused-ring (bicyclic) bond motifs is 1. The fourth-order valence-corrected chi connectivity index (χ4v) is 3.20. The summed E-state index contributed by atoms with van der Waals surface area (Å²) in [6, 6.07) is 11.7. The summed E-state index contributed by atoms with van der Waals surface area (Å²) in [5.41, 5.74) is 1.71. The minimum absolute atomic E-state index is 0.0883. The van der Waals surface area contributed by atoms with Gasteiger partial charge in [-0.3, -0.25) is 4.79 Å². The molecule has 2 aromatic carbocycles. The summed E-state index contributed by atoms with van der Waals surface area (Å²) in [4.78, 5) is 40.8. The zero-order valence-corrected chi connectivity index (χ0v) is 16.7. The first-order chi connectivity index (χ1) is 14.4. The van der Waals surface area contributed by atoms with Gasteiger partial charge in [0.25, 0.3) is 5.91 Å². The molecule has 2 heterocycles. The number of esters is 1. The first-order valence-corrected chi connectivity index (χ1v) is 9.42. The predicted molar refractivity (Wildman–Crippen MR) is 110 cm³/mol. The van der Waals surface area contributed by atoms with Gasteiger partial charge in [0.15, 0.2) is 6.61 Å². The zero-order valence-electron chi connectivity index (χ0n) is 15.1. The van der Waals surface area contributed by atoms with E-state index in [1.165, 1.54) is 30.3 Å². The van der Waals surface area contributed by atoms with E-state index in [-0.39, 0.29) is 17.3 Å². The third-order valence-corrected chi connectivity index (χ3v) is 4.80. The molecule has 0 atom stereocenters. The number of halogens is 2. The fraction of sp³-hybridized carbons (Fsp3) is 0.0500. The van der Waals surface area contributed by atoms with Gasteiger partial charge >= 0.3 is 11.7 Å². The third kappa shape index (κ3) is 4.18. The number of nitrogens with one attached hydrogen (secondary N) is 3. The zero-order chi connectivity index (χ0) is 21.3. The molecule has 152 valence electrons. The molecular weight excluding hydrogens is 461 g/mol. The van der Waals surface area contributed by atoms with Crippen molar-refractivity contribution in [1.29, 1.82) is 0 Å². The van der Waals surface area contributed by atoms with Crippen LogP contribution in [0.15, 0.2) is 62.2 Å². The van der Waals surface area contributed by atoms with Gasteiger partial charge in [-0.1, -0.05) is 0 Å². The van der Waals surface area contributed by atoms with E-state index in [1.807, 2.05) is 0 Å². The highest BCUT2D eigenvalue weighted by Gasteiger charge is 2.16. The van der Waals surface area contributed by atoms with Gasteiger partial charge in [0, 0.05) is 10.0 Å². The Morgan fingerprint density at radius 2 is 1.77 bits per heavy atom. The second kappa shape index (κ2) is 7.99. The Labute approximate surface area is 176 Å². The highest BCUT2D eigenvalue weighted by molar-refractivity contribution is 9.10. The van der Waals surface area contributed by atoms with Gasteiger partial charge in [0.05, 0.1) is 16.7 Å². The molecular formula is C20H13BrFN3O5. The number of aromatic nitrogens is 2. The van der Waals surface area contributed by atoms with E-state index in [1.54, 1.807) is 18.2 Å². The number of hydrogen-bond donors (Lipinski definition) is 3. The van der Waals surface area contributed by atoms with Crippen LogP contribution in [0.4, 0.5) is 10.1 Å². The van der Waals surface area contributed by atoms with Crippen molar-refractivity contribution < 1.29 is 23.1 Å². The molecule has 10 heteroatoms. The number of imidazole rings is 1. The second-order valence-electron chi connectivity index (χ2n) is 6.25. The molecule has 0 aliphatic rings. The average molecular weight is 474 g/mol. The van der Waals surface area contributed by atoms with E-state index in [9.17, 15) is 18.8 Å². The van der Waals surface area contributed by atoms with Gasteiger partial charge in [-0.25, -0.2) is 14.0 Å². The van der Waals surface area contributed by atoms with Gasteiger partial charge in [0.1, 0.15) is 11.6 Å². The van der Waals surface area contributed by atoms with Crippen molar-refractivity contribution in [3.63, 3.8) is 0 Å². The maximum atomic E-state index is 13.0. The molecule has 4 aromatic rings. The van der Waals surface area contributed by atoms with Gasteiger partial charge in [0.2, 0.25) is 5.76 Å². The van der Waals surface area contributed by atoms with Crippen LogP contribution < -0.4 is 11.0 Å². The summed E-state index contributed by atoms with van der Waals surface area (Å²) in [6.45, 7) is -0.542. The van der Waals surface area contributed by atoms with Crippen molar-refractivity contribution in [2.24, 2.45) is 0 Å². The molecule has 4 rings (SSSR count). The SMILES string of the molecule is O=C(COC(=O)c1ccc(-c2ccc(F)cc2)o1)Nc1cc2[nH]c(=O)[nH]c2cc1Br. The molecule has 0 bridgehead atoms. The minimum atomic E-state index is -0.817. The van der Waals surface area contributed by atoms with E-state index in [0.717, 1.165) is 0 Å². The lowest BCUT2D eigenvalue weighted by atomic mass is 10.2. The van der Waals surface area contributed by atoms with Crippen LogP contribution in [0, 0.1) is 5.82 Å². The largest absolute Gasteiger partial charge is 0.450 e. The van der Waals surface area contributed by atoms with Crippen LogP contribution in [0.3, 0.4) is 0 Å². The van der Waals surface area contributed by atoms with Crippen molar-refractivity contribution in [3.8, 4) is 11.3 Å². The van der Waals surface area contributed by atoms with E-state index in [4.69, 9.17) is 9.15 Å². The summed E-state index contributed by atoms with van der Waals surface area (Å²) in [6.07, 6.45) is 0. The van der Waals surface area contributed by atoms with Crippen molar-refractivity contribution in [1.82, 2.24) is 9.97 Å². The molecule has 0 aliphatic heterocycles. The van der Waals surface area contributed by atoms with E-state index >= 15 is 0 Å². The number of anilines is 1. The summed E-state index contributed by atoms with van der Waals surface area (Å²) in [5.74, 6) is -1.50. The first kappa shape index (κ1) is 19.6. The molecule has 3 N–H and O–H groups in total. The topological polar surface area (TPSA) is 117 Å². The summed E-state index contributed by atoms with van der Waals surface area (Å²) >= 11 is 3.30. The smallest absolute Gasteiger partial charge is 0.374 e. The number of benzene rings is 2.